The van der Waals surface area contributed by atoms with E-state index < -0.39 is 4.92 Å². The summed E-state index contributed by atoms with van der Waals surface area (Å²) in [4.78, 5) is 27.6. The minimum atomic E-state index is -0.451. The molecule has 0 aliphatic rings. The number of hydrogen-bond acceptors (Lipinski definition) is 7. The molecule has 0 spiro atoms. The van der Waals surface area contributed by atoms with Crippen LogP contribution >= 0.6 is 0 Å². The van der Waals surface area contributed by atoms with E-state index in [0.717, 1.165) is 22.2 Å². The van der Waals surface area contributed by atoms with Crippen molar-refractivity contribution in [2.75, 3.05) is 7.11 Å². The SMILES string of the molecule is COc1ccc(C=NNC(=O)c2cc(C)nc3ccccc23)cc1OCc1ccc([N+](=O)[O-])cc1. The number of fused-ring (bicyclic) bond motifs is 1. The summed E-state index contributed by atoms with van der Waals surface area (Å²) in [5.74, 6) is 0.648. The highest BCUT2D eigenvalue weighted by molar-refractivity contribution is 6.06. The summed E-state index contributed by atoms with van der Waals surface area (Å²) in [6.07, 6.45) is 1.51. The van der Waals surface area contributed by atoms with Crippen LogP contribution in [0.15, 0.2) is 77.9 Å². The fraction of sp³-hybridized carbons (Fsp3) is 0.115. The molecule has 1 heterocycles. The van der Waals surface area contributed by atoms with Gasteiger partial charge in [-0.1, -0.05) is 18.2 Å². The summed E-state index contributed by atoms with van der Waals surface area (Å²) >= 11 is 0. The van der Waals surface area contributed by atoms with Gasteiger partial charge < -0.3 is 9.47 Å². The third kappa shape index (κ3) is 5.59. The average Bonchev–Trinajstić information content (AvgIpc) is 2.87. The first-order valence-electron chi connectivity index (χ1n) is 10.7. The van der Waals surface area contributed by atoms with Gasteiger partial charge in [-0.15, -0.1) is 0 Å². The molecule has 176 valence electrons. The number of aryl methyl sites for hydroxylation is 1. The Labute approximate surface area is 201 Å². The van der Waals surface area contributed by atoms with Crippen LogP contribution in [0.1, 0.15) is 27.2 Å². The van der Waals surface area contributed by atoms with Crippen molar-refractivity contribution in [3.8, 4) is 11.5 Å². The van der Waals surface area contributed by atoms with Gasteiger partial charge in [0.2, 0.25) is 0 Å². The van der Waals surface area contributed by atoms with E-state index in [2.05, 4.69) is 15.5 Å². The van der Waals surface area contributed by atoms with E-state index in [4.69, 9.17) is 9.47 Å². The fourth-order valence-corrected chi connectivity index (χ4v) is 3.48. The topological polar surface area (TPSA) is 116 Å². The van der Waals surface area contributed by atoms with E-state index in [1.807, 2.05) is 31.2 Å². The molecule has 0 unspecified atom stereocenters. The van der Waals surface area contributed by atoms with Crippen LogP contribution in [0.4, 0.5) is 5.69 Å². The number of nitro benzene ring substituents is 1. The van der Waals surface area contributed by atoms with Crippen LogP contribution < -0.4 is 14.9 Å². The van der Waals surface area contributed by atoms with E-state index >= 15 is 0 Å². The first-order valence-corrected chi connectivity index (χ1v) is 10.7. The Morgan fingerprint density at radius 3 is 2.60 bits per heavy atom. The van der Waals surface area contributed by atoms with Crippen LogP contribution in [0.3, 0.4) is 0 Å². The third-order valence-electron chi connectivity index (χ3n) is 5.20. The first-order chi connectivity index (χ1) is 16.9. The third-order valence-corrected chi connectivity index (χ3v) is 5.20. The van der Waals surface area contributed by atoms with Crippen molar-refractivity contribution >= 4 is 28.7 Å². The molecule has 35 heavy (non-hydrogen) atoms. The number of aromatic nitrogens is 1. The number of carbonyl (C=O) groups excluding carboxylic acids is 1. The van der Waals surface area contributed by atoms with Gasteiger partial charge >= 0.3 is 0 Å². The van der Waals surface area contributed by atoms with Gasteiger partial charge in [-0.2, -0.15) is 5.10 Å². The van der Waals surface area contributed by atoms with Crippen molar-refractivity contribution in [3.63, 3.8) is 0 Å². The van der Waals surface area contributed by atoms with E-state index in [-0.39, 0.29) is 18.2 Å². The van der Waals surface area contributed by atoms with E-state index in [0.29, 0.717) is 22.6 Å². The van der Waals surface area contributed by atoms with Gasteiger partial charge in [-0.25, -0.2) is 5.43 Å². The lowest BCUT2D eigenvalue weighted by Crippen LogP contribution is -2.18. The molecule has 0 saturated carbocycles. The number of nitrogens with zero attached hydrogens (tertiary/aromatic N) is 3. The van der Waals surface area contributed by atoms with Crippen LogP contribution in [0, 0.1) is 17.0 Å². The Balaban J connectivity index is 1.46. The number of rotatable bonds is 8. The molecule has 1 N–H and O–H groups in total. The molecule has 9 heteroatoms. The number of hydrogen-bond donors (Lipinski definition) is 1. The molecule has 9 nitrogen and oxygen atoms in total. The molecule has 0 atom stereocenters. The number of nitrogens with one attached hydrogen (secondary N) is 1. The molecule has 0 bridgehead atoms. The number of para-hydroxylation sites is 1. The minimum absolute atomic E-state index is 0.0153. The monoisotopic (exact) mass is 470 g/mol. The first kappa shape index (κ1) is 23.4. The van der Waals surface area contributed by atoms with Crippen molar-refractivity contribution in [3.05, 3.63) is 105 Å². The summed E-state index contributed by atoms with van der Waals surface area (Å²) in [7, 11) is 1.53. The maximum atomic E-state index is 12.8. The van der Waals surface area contributed by atoms with Crippen molar-refractivity contribution in [2.24, 2.45) is 5.10 Å². The maximum absolute atomic E-state index is 12.8. The van der Waals surface area contributed by atoms with E-state index in [1.165, 1.54) is 25.5 Å². The minimum Gasteiger partial charge on any atom is -0.493 e. The second-order valence-electron chi connectivity index (χ2n) is 7.65. The van der Waals surface area contributed by atoms with Crippen LogP contribution in [0.25, 0.3) is 10.9 Å². The Morgan fingerprint density at radius 1 is 1.09 bits per heavy atom. The van der Waals surface area contributed by atoms with Crippen LogP contribution in [0.2, 0.25) is 0 Å². The lowest BCUT2D eigenvalue weighted by atomic mass is 10.1. The molecule has 0 radical (unpaired) electrons. The number of non-ortho nitro benzene ring substituents is 1. The van der Waals surface area contributed by atoms with E-state index in [9.17, 15) is 14.9 Å². The second-order valence-corrected chi connectivity index (χ2v) is 7.65. The highest BCUT2D eigenvalue weighted by Gasteiger charge is 2.11. The normalized spacial score (nSPS) is 10.9. The van der Waals surface area contributed by atoms with Crippen molar-refractivity contribution < 1.29 is 19.2 Å². The van der Waals surface area contributed by atoms with Gasteiger partial charge in [-0.3, -0.25) is 19.9 Å². The van der Waals surface area contributed by atoms with Gasteiger partial charge in [0.15, 0.2) is 11.5 Å². The Morgan fingerprint density at radius 2 is 1.86 bits per heavy atom. The molecule has 3 aromatic carbocycles. The molecule has 0 aliphatic carbocycles. The van der Waals surface area contributed by atoms with Crippen LogP contribution in [0.5, 0.6) is 11.5 Å². The summed E-state index contributed by atoms with van der Waals surface area (Å²) in [5.41, 5.74) is 6.00. The molecule has 0 aliphatic heterocycles. The van der Waals surface area contributed by atoms with Crippen molar-refractivity contribution in [1.29, 1.82) is 0 Å². The van der Waals surface area contributed by atoms with Crippen molar-refractivity contribution in [1.82, 2.24) is 10.4 Å². The maximum Gasteiger partial charge on any atom is 0.272 e. The number of methoxy groups -OCH3 is 1. The number of carbonyl (C=O) groups is 1. The molecule has 0 fully saturated rings. The average molecular weight is 470 g/mol. The predicted molar refractivity (Wildman–Crippen MR) is 132 cm³/mol. The highest BCUT2D eigenvalue weighted by atomic mass is 16.6. The molecule has 1 aromatic heterocycles. The summed E-state index contributed by atoms with van der Waals surface area (Å²) in [6.45, 7) is 2.03. The van der Waals surface area contributed by atoms with Crippen LogP contribution in [-0.2, 0) is 6.61 Å². The largest absolute Gasteiger partial charge is 0.493 e. The molecule has 1 amide bonds. The number of pyridine rings is 1. The number of nitro groups is 1. The second kappa shape index (κ2) is 10.4. The Bertz CT molecular complexity index is 1420. The molecular formula is C26H22N4O5. The Hall–Kier alpha value is -4.79. The summed E-state index contributed by atoms with van der Waals surface area (Å²) < 4.78 is 11.2. The van der Waals surface area contributed by atoms with Gasteiger partial charge in [0.1, 0.15) is 6.61 Å². The molecular weight excluding hydrogens is 448 g/mol. The fourth-order valence-electron chi connectivity index (χ4n) is 3.48. The molecule has 4 aromatic rings. The highest BCUT2D eigenvalue weighted by Crippen LogP contribution is 2.28. The number of amides is 1. The zero-order valence-electron chi connectivity index (χ0n) is 19.1. The standard InChI is InChI=1S/C26H22N4O5/c1-17-13-22(21-5-3-4-6-23(21)28-17)26(31)29-27-15-19-9-12-24(34-2)25(14-19)35-16-18-7-10-20(11-8-18)30(32)33/h3-15H,16H2,1-2H3,(H,29,31). The quantitative estimate of drug-likeness (QED) is 0.225. The lowest BCUT2D eigenvalue weighted by molar-refractivity contribution is -0.384. The zero-order valence-corrected chi connectivity index (χ0v) is 19.1. The summed E-state index contributed by atoms with van der Waals surface area (Å²) in [6, 6.07) is 20.5. The molecule has 0 saturated heterocycles. The zero-order chi connectivity index (χ0) is 24.8. The predicted octanol–water partition coefficient (Wildman–Crippen LogP) is 4.80. The molecule has 4 rings (SSSR count). The number of hydrazone groups is 1. The van der Waals surface area contributed by atoms with Crippen molar-refractivity contribution in [2.45, 2.75) is 13.5 Å². The Kier molecular flexibility index (Phi) is 6.96. The number of ether oxygens (including phenoxy) is 2. The van der Waals surface area contributed by atoms with Gasteiger partial charge in [-0.05, 0) is 60.5 Å². The summed E-state index contributed by atoms with van der Waals surface area (Å²) in [5, 5.41) is 15.6. The van der Waals surface area contributed by atoms with E-state index in [1.54, 1.807) is 36.4 Å². The van der Waals surface area contributed by atoms with Gasteiger partial charge in [0.25, 0.3) is 11.6 Å². The van der Waals surface area contributed by atoms with Gasteiger partial charge in [0.05, 0.1) is 29.3 Å². The van der Waals surface area contributed by atoms with Crippen LogP contribution in [-0.4, -0.2) is 29.1 Å². The lowest BCUT2D eigenvalue weighted by Gasteiger charge is -2.11. The van der Waals surface area contributed by atoms with Gasteiger partial charge in [0, 0.05) is 23.2 Å². The smallest absolute Gasteiger partial charge is 0.272 e. The number of benzene rings is 3.